The summed E-state index contributed by atoms with van der Waals surface area (Å²) in [6.45, 7) is 3.90. The number of aromatic nitrogens is 2. The summed E-state index contributed by atoms with van der Waals surface area (Å²) in [5, 5.41) is 7.85. The number of rotatable bonds is 3. The smallest absolute Gasteiger partial charge is 0.258 e. The zero-order valence-corrected chi connectivity index (χ0v) is 9.54. The maximum Gasteiger partial charge on any atom is 0.258 e. The van der Waals surface area contributed by atoms with Crippen LogP contribution < -0.4 is 5.73 Å². The number of nitrogens with two attached hydrogens (primary N) is 1. The molecule has 2 rings (SSSR count). The highest BCUT2D eigenvalue weighted by Gasteiger charge is 2.25. The van der Waals surface area contributed by atoms with Crippen LogP contribution in [0.2, 0.25) is 0 Å². The molecule has 0 saturated heterocycles. The molecule has 0 aromatic carbocycles. The van der Waals surface area contributed by atoms with Gasteiger partial charge in [-0.2, -0.15) is 16.3 Å². The molecule has 1 unspecified atom stereocenters. The summed E-state index contributed by atoms with van der Waals surface area (Å²) in [5.41, 5.74) is 6.46. The van der Waals surface area contributed by atoms with Crippen molar-refractivity contribution >= 4 is 11.3 Å². The molecule has 0 aliphatic carbocycles. The van der Waals surface area contributed by atoms with E-state index in [-0.39, 0.29) is 0 Å². The second kappa shape index (κ2) is 3.75. The molecule has 0 saturated carbocycles. The SMILES string of the molecule is CCC(C)(N)c1noc(-c2ccsc2)n1. The molecule has 0 bridgehead atoms. The first-order chi connectivity index (χ1) is 7.13. The molecule has 1 atom stereocenters. The molecule has 2 N–H and O–H groups in total. The quantitative estimate of drug-likeness (QED) is 0.867. The first-order valence-electron chi connectivity index (χ1n) is 4.79. The highest BCUT2D eigenvalue weighted by molar-refractivity contribution is 7.08. The summed E-state index contributed by atoms with van der Waals surface area (Å²) in [4.78, 5) is 4.30. The lowest BCUT2D eigenvalue weighted by molar-refractivity contribution is 0.379. The Morgan fingerprint density at radius 2 is 2.40 bits per heavy atom. The van der Waals surface area contributed by atoms with Crippen molar-refractivity contribution in [3.8, 4) is 11.5 Å². The fourth-order valence-corrected chi connectivity index (χ4v) is 1.75. The Kier molecular flexibility index (Phi) is 2.58. The Hall–Kier alpha value is -1.20. The number of hydrogen-bond acceptors (Lipinski definition) is 5. The summed E-state index contributed by atoms with van der Waals surface area (Å²) in [6, 6.07) is 1.95. The second-order valence-corrected chi connectivity index (χ2v) is 4.49. The standard InChI is InChI=1S/C10H13N3OS/c1-3-10(2,11)9-12-8(14-13-9)7-4-5-15-6-7/h4-6H,3,11H2,1-2H3. The van der Waals surface area contributed by atoms with Gasteiger partial charge < -0.3 is 10.3 Å². The largest absolute Gasteiger partial charge is 0.334 e. The molecule has 0 radical (unpaired) electrons. The summed E-state index contributed by atoms with van der Waals surface area (Å²) < 4.78 is 5.16. The summed E-state index contributed by atoms with van der Waals surface area (Å²) in [5.74, 6) is 1.10. The van der Waals surface area contributed by atoms with Crippen LogP contribution in [0, 0.1) is 0 Å². The van der Waals surface area contributed by atoms with E-state index < -0.39 is 5.54 Å². The third-order valence-corrected chi connectivity index (χ3v) is 3.12. The highest BCUT2D eigenvalue weighted by atomic mass is 32.1. The van der Waals surface area contributed by atoms with E-state index in [0.717, 1.165) is 12.0 Å². The van der Waals surface area contributed by atoms with Gasteiger partial charge in [0.25, 0.3) is 5.89 Å². The van der Waals surface area contributed by atoms with Crippen molar-refractivity contribution in [3.63, 3.8) is 0 Å². The molecule has 2 heterocycles. The van der Waals surface area contributed by atoms with Crippen molar-refractivity contribution in [2.45, 2.75) is 25.8 Å². The Morgan fingerprint density at radius 3 is 3.00 bits per heavy atom. The maximum absolute atomic E-state index is 6.02. The molecule has 4 nitrogen and oxygen atoms in total. The topological polar surface area (TPSA) is 64.9 Å². The Morgan fingerprint density at radius 1 is 1.60 bits per heavy atom. The molecular formula is C10H13N3OS. The van der Waals surface area contributed by atoms with E-state index in [1.165, 1.54) is 0 Å². The van der Waals surface area contributed by atoms with Crippen molar-refractivity contribution in [1.82, 2.24) is 10.1 Å². The number of hydrogen-bond donors (Lipinski definition) is 1. The van der Waals surface area contributed by atoms with Crippen molar-refractivity contribution in [1.29, 1.82) is 0 Å². The first-order valence-corrected chi connectivity index (χ1v) is 5.73. The number of nitrogens with zero attached hydrogens (tertiary/aromatic N) is 2. The van der Waals surface area contributed by atoms with Gasteiger partial charge in [0.2, 0.25) is 0 Å². The minimum Gasteiger partial charge on any atom is -0.334 e. The van der Waals surface area contributed by atoms with Gasteiger partial charge in [-0.1, -0.05) is 12.1 Å². The van der Waals surface area contributed by atoms with Gasteiger partial charge in [-0.25, -0.2) is 0 Å². The predicted molar refractivity (Wildman–Crippen MR) is 59.4 cm³/mol. The van der Waals surface area contributed by atoms with Crippen molar-refractivity contribution in [2.24, 2.45) is 5.73 Å². The van der Waals surface area contributed by atoms with Crippen LogP contribution >= 0.6 is 11.3 Å². The van der Waals surface area contributed by atoms with Crippen LogP contribution in [0.4, 0.5) is 0 Å². The molecule has 5 heteroatoms. The maximum atomic E-state index is 6.02. The fraction of sp³-hybridized carbons (Fsp3) is 0.400. The summed E-state index contributed by atoms with van der Waals surface area (Å²) >= 11 is 1.60. The average Bonchev–Trinajstić information content (AvgIpc) is 2.88. The fourth-order valence-electron chi connectivity index (χ4n) is 1.12. The van der Waals surface area contributed by atoms with Crippen LogP contribution in [-0.2, 0) is 5.54 Å². The third-order valence-electron chi connectivity index (χ3n) is 2.44. The zero-order chi connectivity index (χ0) is 10.9. The Labute approximate surface area is 92.1 Å². The second-order valence-electron chi connectivity index (χ2n) is 3.71. The lowest BCUT2D eigenvalue weighted by Gasteiger charge is -2.16. The van der Waals surface area contributed by atoms with E-state index in [0.29, 0.717) is 11.7 Å². The van der Waals surface area contributed by atoms with Gasteiger partial charge in [0, 0.05) is 5.38 Å². The van der Waals surface area contributed by atoms with Gasteiger partial charge in [-0.3, -0.25) is 0 Å². The van der Waals surface area contributed by atoms with Gasteiger partial charge >= 0.3 is 0 Å². The molecule has 80 valence electrons. The van der Waals surface area contributed by atoms with Crippen LogP contribution in [0.25, 0.3) is 11.5 Å². The normalized spacial score (nSPS) is 15.1. The minimum atomic E-state index is -0.516. The van der Waals surface area contributed by atoms with Gasteiger partial charge in [-0.15, -0.1) is 0 Å². The van der Waals surface area contributed by atoms with E-state index in [2.05, 4.69) is 10.1 Å². The molecule has 0 fully saturated rings. The van der Waals surface area contributed by atoms with Crippen LogP contribution in [0.5, 0.6) is 0 Å². The van der Waals surface area contributed by atoms with E-state index in [9.17, 15) is 0 Å². The summed E-state index contributed by atoms with van der Waals surface area (Å²) in [7, 11) is 0. The lowest BCUT2D eigenvalue weighted by atomic mass is 10.0. The number of thiophene rings is 1. The minimum absolute atomic E-state index is 0.516. The molecule has 2 aromatic rings. The van der Waals surface area contributed by atoms with Crippen LogP contribution in [0.3, 0.4) is 0 Å². The first kappa shape index (κ1) is 10.3. The average molecular weight is 223 g/mol. The van der Waals surface area contributed by atoms with E-state index in [1.54, 1.807) is 11.3 Å². The Bertz CT molecular complexity index is 433. The van der Waals surface area contributed by atoms with Crippen molar-refractivity contribution in [3.05, 3.63) is 22.7 Å². The van der Waals surface area contributed by atoms with Gasteiger partial charge in [0.1, 0.15) is 0 Å². The Balaban J connectivity index is 2.33. The molecular weight excluding hydrogens is 210 g/mol. The molecule has 2 aromatic heterocycles. The van der Waals surface area contributed by atoms with E-state index >= 15 is 0 Å². The van der Waals surface area contributed by atoms with E-state index in [1.807, 2.05) is 30.7 Å². The molecule has 0 amide bonds. The third kappa shape index (κ3) is 1.93. The highest BCUT2D eigenvalue weighted by Crippen LogP contribution is 2.24. The van der Waals surface area contributed by atoms with Crippen molar-refractivity contribution in [2.75, 3.05) is 0 Å². The van der Waals surface area contributed by atoms with Crippen molar-refractivity contribution < 1.29 is 4.52 Å². The van der Waals surface area contributed by atoms with Gasteiger partial charge in [-0.05, 0) is 24.8 Å². The lowest BCUT2D eigenvalue weighted by Crippen LogP contribution is -2.33. The zero-order valence-electron chi connectivity index (χ0n) is 8.73. The molecule has 0 spiro atoms. The monoisotopic (exact) mass is 223 g/mol. The van der Waals surface area contributed by atoms with Crippen LogP contribution in [0.1, 0.15) is 26.1 Å². The van der Waals surface area contributed by atoms with Crippen LogP contribution in [-0.4, -0.2) is 10.1 Å². The van der Waals surface area contributed by atoms with Crippen LogP contribution in [0.15, 0.2) is 21.3 Å². The molecule has 0 aliphatic heterocycles. The van der Waals surface area contributed by atoms with Gasteiger partial charge in [0.05, 0.1) is 11.1 Å². The molecule has 15 heavy (non-hydrogen) atoms. The predicted octanol–water partition coefficient (Wildman–Crippen LogP) is 2.38. The van der Waals surface area contributed by atoms with Gasteiger partial charge in [0.15, 0.2) is 5.82 Å². The molecule has 0 aliphatic rings. The van der Waals surface area contributed by atoms with E-state index in [4.69, 9.17) is 10.3 Å². The summed E-state index contributed by atoms with van der Waals surface area (Å²) in [6.07, 6.45) is 0.773.